The van der Waals surface area contributed by atoms with Crippen LogP contribution in [0.1, 0.15) is 52.4 Å². The Hall–Kier alpha value is -1.14. The number of carbonyl (C=O) groups excluding carboxylic acids is 2. The summed E-state index contributed by atoms with van der Waals surface area (Å²) in [4.78, 5) is 31.6. The molecule has 146 valence electrons. The highest BCUT2D eigenvalue weighted by Crippen LogP contribution is 2.36. The minimum Gasteiger partial charge on any atom is -0.428 e. The van der Waals surface area contributed by atoms with Crippen molar-refractivity contribution in [1.29, 1.82) is 0 Å². The van der Waals surface area contributed by atoms with Crippen LogP contribution in [0.4, 0.5) is 9.18 Å². The first kappa shape index (κ1) is 21.9. The fraction of sp³-hybridized carbons (Fsp3) is 0.875. The van der Waals surface area contributed by atoms with Gasteiger partial charge in [0.05, 0.1) is 5.92 Å². The molecule has 1 amide bonds. The summed E-state index contributed by atoms with van der Waals surface area (Å²) in [7, 11) is -2.46. The van der Waals surface area contributed by atoms with E-state index in [1.807, 2.05) is 0 Å². The monoisotopic (exact) mass is 381 g/mol. The number of nitrogens with one attached hydrogen (secondary N) is 1. The molecular formula is C16H29FNO6P. The van der Waals surface area contributed by atoms with Crippen LogP contribution in [-0.4, -0.2) is 36.2 Å². The Labute approximate surface area is 148 Å². The summed E-state index contributed by atoms with van der Waals surface area (Å²) in [5.41, 5.74) is 0. The van der Waals surface area contributed by atoms with Gasteiger partial charge in [-0.15, -0.1) is 0 Å². The van der Waals surface area contributed by atoms with E-state index in [1.165, 1.54) is 0 Å². The third kappa shape index (κ3) is 9.80. The highest BCUT2D eigenvalue weighted by Gasteiger charge is 2.24. The summed E-state index contributed by atoms with van der Waals surface area (Å²) in [6.45, 7) is 2.75. The largest absolute Gasteiger partial charge is 0.428 e. The van der Waals surface area contributed by atoms with Crippen molar-refractivity contribution in [2.24, 2.45) is 17.8 Å². The minimum atomic E-state index is -2.46. The van der Waals surface area contributed by atoms with Crippen molar-refractivity contribution in [3.05, 3.63) is 0 Å². The summed E-state index contributed by atoms with van der Waals surface area (Å²) in [6.07, 6.45) is 2.35. The van der Waals surface area contributed by atoms with Gasteiger partial charge in [0, 0.05) is 6.16 Å². The number of alkyl halides is 1. The zero-order chi connectivity index (χ0) is 18.8. The molecule has 0 saturated heterocycles. The predicted molar refractivity (Wildman–Crippen MR) is 91.1 cm³/mol. The quantitative estimate of drug-likeness (QED) is 0.275. The van der Waals surface area contributed by atoms with Crippen LogP contribution in [0.3, 0.4) is 0 Å². The predicted octanol–water partition coefficient (Wildman–Crippen LogP) is 3.22. The molecule has 0 aliphatic heterocycles. The molecule has 0 radical (unpaired) electrons. The van der Waals surface area contributed by atoms with Gasteiger partial charge in [-0.2, -0.15) is 0 Å². The van der Waals surface area contributed by atoms with E-state index in [1.54, 1.807) is 13.8 Å². The Morgan fingerprint density at radius 2 is 1.96 bits per heavy atom. The Bertz CT molecular complexity index is 462. The molecule has 1 fully saturated rings. The van der Waals surface area contributed by atoms with Crippen LogP contribution in [0, 0.1) is 17.8 Å². The third-order valence-corrected chi connectivity index (χ3v) is 5.25. The van der Waals surface area contributed by atoms with Crippen molar-refractivity contribution in [2.75, 3.05) is 13.0 Å². The minimum absolute atomic E-state index is 0.159. The van der Waals surface area contributed by atoms with Gasteiger partial charge in [-0.1, -0.05) is 26.7 Å². The second kappa shape index (κ2) is 11.5. The first-order chi connectivity index (χ1) is 11.8. The van der Waals surface area contributed by atoms with Crippen molar-refractivity contribution >= 4 is 20.1 Å². The molecule has 0 aromatic rings. The lowest BCUT2D eigenvalue weighted by Crippen LogP contribution is -2.33. The van der Waals surface area contributed by atoms with Crippen molar-refractivity contribution < 1.29 is 32.9 Å². The van der Waals surface area contributed by atoms with Crippen LogP contribution in [0.2, 0.25) is 0 Å². The van der Waals surface area contributed by atoms with E-state index in [4.69, 9.17) is 4.89 Å². The maximum Gasteiger partial charge on any atom is 0.412 e. The number of alkyl carbamates (subject to hydrolysis) is 1. The normalized spacial score (nSPS) is 22.9. The Kier molecular flexibility index (Phi) is 10.0. The van der Waals surface area contributed by atoms with Crippen molar-refractivity contribution in [3.8, 4) is 0 Å². The molecule has 0 aromatic heterocycles. The zero-order valence-electron chi connectivity index (χ0n) is 14.8. The van der Waals surface area contributed by atoms with Crippen molar-refractivity contribution in [1.82, 2.24) is 5.32 Å². The van der Waals surface area contributed by atoms with Crippen molar-refractivity contribution in [2.45, 2.75) is 58.7 Å². The Balaban J connectivity index is 2.19. The molecule has 0 bridgehead atoms. The average Bonchev–Trinajstić information content (AvgIpc) is 2.52. The van der Waals surface area contributed by atoms with Gasteiger partial charge >= 0.3 is 12.1 Å². The SMILES string of the molecule is CC(C)C(=O)OCOC(=O)NC(F)CCC1CCCC(C[PH](=O)O)C1. The molecule has 4 atom stereocenters. The van der Waals surface area contributed by atoms with Crippen LogP contribution in [-0.2, 0) is 18.8 Å². The molecule has 0 heterocycles. The number of ether oxygens (including phenoxy) is 2. The lowest BCUT2D eigenvalue weighted by molar-refractivity contribution is -0.155. The third-order valence-electron chi connectivity index (χ3n) is 4.32. The molecule has 0 spiro atoms. The van der Waals surface area contributed by atoms with E-state index in [9.17, 15) is 18.5 Å². The second-order valence-electron chi connectivity index (χ2n) is 6.85. The summed E-state index contributed by atoms with van der Waals surface area (Å²) < 4.78 is 34.0. The number of halogens is 1. The number of esters is 1. The van der Waals surface area contributed by atoms with Gasteiger partial charge in [0.2, 0.25) is 6.79 Å². The number of amides is 1. The van der Waals surface area contributed by atoms with Gasteiger partial charge in [0.25, 0.3) is 0 Å². The van der Waals surface area contributed by atoms with E-state index in [2.05, 4.69) is 14.8 Å². The number of hydrogen-bond donors (Lipinski definition) is 2. The number of hydrogen-bond acceptors (Lipinski definition) is 5. The zero-order valence-corrected chi connectivity index (χ0v) is 15.8. The van der Waals surface area contributed by atoms with Gasteiger partial charge in [-0.3, -0.25) is 14.7 Å². The molecule has 2 N–H and O–H groups in total. The second-order valence-corrected chi connectivity index (χ2v) is 8.05. The van der Waals surface area contributed by atoms with Gasteiger partial charge in [0.15, 0.2) is 14.3 Å². The molecule has 7 nitrogen and oxygen atoms in total. The topological polar surface area (TPSA) is 102 Å². The molecule has 1 aliphatic rings. The Morgan fingerprint density at radius 3 is 2.60 bits per heavy atom. The van der Waals surface area contributed by atoms with E-state index in [0.717, 1.165) is 25.7 Å². The standard InChI is InChI=1S/C16H29FNO6P/c1-11(2)15(19)23-10-24-16(20)18-14(17)7-6-12-4-3-5-13(8-12)9-25(21)22/h11-14,25H,3-10H2,1-2H3,(H,18,20)(H,21,22). The fourth-order valence-electron chi connectivity index (χ4n) is 3.03. The molecule has 9 heteroatoms. The molecule has 1 aliphatic carbocycles. The lowest BCUT2D eigenvalue weighted by Gasteiger charge is -2.28. The molecule has 4 unspecified atom stereocenters. The lowest BCUT2D eigenvalue weighted by atomic mass is 9.80. The van der Waals surface area contributed by atoms with Gasteiger partial charge in [0.1, 0.15) is 0 Å². The van der Waals surface area contributed by atoms with Crippen LogP contribution in [0.15, 0.2) is 0 Å². The number of rotatable bonds is 9. The van der Waals surface area contributed by atoms with E-state index >= 15 is 0 Å². The van der Waals surface area contributed by atoms with E-state index in [-0.39, 0.29) is 18.3 Å². The van der Waals surface area contributed by atoms with E-state index < -0.39 is 33.2 Å². The molecule has 1 saturated carbocycles. The number of carbonyl (C=O) groups is 2. The van der Waals surface area contributed by atoms with Crippen LogP contribution >= 0.6 is 8.03 Å². The van der Waals surface area contributed by atoms with Gasteiger partial charge in [-0.25, -0.2) is 9.18 Å². The molecular weight excluding hydrogens is 352 g/mol. The van der Waals surface area contributed by atoms with Crippen LogP contribution < -0.4 is 5.32 Å². The molecule has 1 rings (SSSR count). The maximum absolute atomic E-state index is 13.8. The Morgan fingerprint density at radius 1 is 1.28 bits per heavy atom. The van der Waals surface area contributed by atoms with Crippen LogP contribution in [0.25, 0.3) is 0 Å². The summed E-state index contributed by atoms with van der Waals surface area (Å²) >= 11 is 0. The maximum atomic E-state index is 13.8. The summed E-state index contributed by atoms with van der Waals surface area (Å²) in [5, 5.41) is 2.06. The first-order valence-corrected chi connectivity index (χ1v) is 10.3. The van der Waals surface area contributed by atoms with Crippen LogP contribution in [0.5, 0.6) is 0 Å². The highest BCUT2D eigenvalue weighted by molar-refractivity contribution is 7.38. The highest BCUT2D eigenvalue weighted by atomic mass is 31.1. The smallest absolute Gasteiger partial charge is 0.412 e. The molecule has 25 heavy (non-hydrogen) atoms. The molecule has 0 aromatic carbocycles. The summed E-state index contributed by atoms with van der Waals surface area (Å²) in [5.74, 6) is -0.281. The average molecular weight is 381 g/mol. The van der Waals surface area contributed by atoms with Gasteiger partial charge < -0.3 is 14.4 Å². The van der Waals surface area contributed by atoms with Gasteiger partial charge in [-0.05, 0) is 37.5 Å². The van der Waals surface area contributed by atoms with E-state index in [0.29, 0.717) is 18.5 Å². The fourth-order valence-corrected chi connectivity index (χ4v) is 3.89. The van der Waals surface area contributed by atoms with Crippen molar-refractivity contribution in [3.63, 3.8) is 0 Å². The summed E-state index contributed by atoms with van der Waals surface area (Å²) in [6, 6.07) is 0. The first-order valence-electron chi connectivity index (χ1n) is 8.73.